The third-order valence-electron chi connectivity index (χ3n) is 3.28. The van der Waals surface area contributed by atoms with Gasteiger partial charge in [-0.05, 0) is 49.2 Å². The third-order valence-corrected chi connectivity index (χ3v) is 5.37. The molecule has 0 aliphatic carbocycles. The molecule has 112 valence electrons. The summed E-state index contributed by atoms with van der Waals surface area (Å²) in [5.41, 5.74) is 7.65. The molecule has 2 aromatic carbocycles. The molecule has 0 saturated heterocycles. The highest BCUT2D eigenvalue weighted by Gasteiger charge is 2.21. The highest BCUT2D eigenvalue weighted by Crippen LogP contribution is 2.24. The number of hydrogen-bond donors (Lipinski definition) is 2. The second kappa shape index (κ2) is 6.05. The zero-order valence-corrected chi connectivity index (χ0v) is 13.4. The predicted molar refractivity (Wildman–Crippen MR) is 85.8 cm³/mol. The van der Waals surface area contributed by atoms with Gasteiger partial charge in [0.1, 0.15) is 0 Å². The molecular formula is C15H17ClN2O2S. The first-order valence-electron chi connectivity index (χ1n) is 6.44. The Hall–Kier alpha value is -1.56. The van der Waals surface area contributed by atoms with Gasteiger partial charge in [-0.15, -0.1) is 0 Å². The second-order valence-corrected chi connectivity index (χ2v) is 6.96. The molecule has 0 aliphatic rings. The van der Waals surface area contributed by atoms with Crippen LogP contribution in [0.2, 0.25) is 5.02 Å². The first-order valence-corrected chi connectivity index (χ1v) is 8.30. The fourth-order valence-electron chi connectivity index (χ4n) is 2.03. The largest absolute Gasteiger partial charge is 0.399 e. The maximum absolute atomic E-state index is 12.5. The number of anilines is 1. The summed E-state index contributed by atoms with van der Waals surface area (Å²) < 4.78 is 27.6. The predicted octanol–water partition coefficient (Wildman–Crippen LogP) is 3.27. The number of halogens is 1. The van der Waals surface area contributed by atoms with Crippen LogP contribution < -0.4 is 10.5 Å². The quantitative estimate of drug-likeness (QED) is 0.848. The van der Waals surface area contributed by atoms with Crippen molar-refractivity contribution >= 4 is 27.3 Å². The zero-order chi connectivity index (χ0) is 15.6. The number of nitrogens with two attached hydrogens (primary N) is 1. The average Bonchev–Trinajstić information content (AvgIpc) is 2.41. The Morgan fingerprint density at radius 3 is 2.38 bits per heavy atom. The topological polar surface area (TPSA) is 72.2 Å². The van der Waals surface area contributed by atoms with Gasteiger partial charge >= 0.3 is 0 Å². The van der Waals surface area contributed by atoms with Crippen LogP contribution in [0.25, 0.3) is 0 Å². The van der Waals surface area contributed by atoms with Crippen LogP contribution in [0.4, 0.5) is 5.69 Å². The van der Waals surface area contributed by atoms with E-state index in [1.165, 1.54) is 0 Å². The average molecular weight is 325 g/mol. The van der Waals surface area contributed by atoms with Crippen LogP contribution in [0, 0.1) is 6.92 Å². The van der Waals surface area contributed by atoms with Crippen molar-refractivity contribution in [3.8, 4) is 0 Å². The minimum Gasteiger partial charge on any atom is -0.399 e. The monoisotopic (exact) mass is 324 g/mol. The molecule has 0 bridgehead atoms. The van der Waals surface area contributed by atoms with Gasteiger partial charge in [0.05, 0.1) is 4.90 Å². The number of nitrogen functional groups attached to an aromatic ring is 1. The Morgan fingerprint density at radius 1 is 1.14 bits per heavy atom. The van der Waals surface area contributed by atoms with E-state index in [1.54, 1.807) is 56.3 Å². The van der Waals surface area contributed by atoms with Crippen molar-refractivity contribution in [2.75, 3.05) is 5.73 Å². The molecule has 1 atom stereocenters. The van der Waals surface area contributed by atoms with Gasteiger partial charge in [0.15, 0.2) is 0 Å². The Labute approximate surface area is 130 Å². The van der Waals surface area contributed by atoms with E-state index in [9.17, 15) is 8.42 Å². The van der Waals surface area contributed by atoms with E-state index in [0.717, 1.165) is 5.56 Å². The summed E-state index contributed by atoms with van der Waals surface area (Å²) in [5, 5.41) is 0.429. The Balaban J connectivity index is 2.29. The summed E-state index contributed by atoms with van der Waals surface area (Å²) in [7, 11) is -3.64. The van der Waals surface area contributed by atoms with E-state index >= 15 is 0 Å². The van der Waals surface area contributed by atoms with E-state index in [1.807, 2.05) is 0 Å². The van der Waals surface area contributed by atoms with Gasteiger partial charge in [0.2, 0.25) is 10.0 Å². The summed E-state index contributed by atoms with van der Waals surface area (Å²) in [5.74, 6) is 0. The van der Waals surface area contributed by atoms with Gasteiger partial charge < -0.3 is 5.73 Å². The molecule has 21 heavy (non-hydrogen) atoms. The van der Waals surface area contributed by atoms with Gasteiger partial charge in [-0.3, -0.25) is 0 Å². The number of benzene rings is 2. The van der Waals surface area contributed by atoms with E-state index < -0.39 is 10.0 Å². The minimum atomic E-state index is -3.64. The van der Waals surface area contributed by atoms with E-state index in [-0.39, 0.29) is 10.9 Å². The minimum absolute atomic E-state index is 0.192. The molecule has 2 rings (SSSR count). The van der Waals surface area contributed by atoms with Crippen LogP contribution in [-0.2, 0) is 10.0 Å². The standard InChI is InChI=1S/C15H17ClN2O2S/c1-10-14(16)4-3-5-15(10)21(19,20)18-11(2)12-6-8-13(17)9-7-12/h3-9,11,18H,17H2,1-2H3. The number of nitrogens with one attached hydrogen (secondary N) is 1. The van der Waals surface area contributed by atoms with Gasteiger partial charge in [0.25, 0.3) is 0 Å². The molecule has 0 spiro atoms. The van der Waals surface area contributed by atoms with Crippen LogP contribution >= 0.6 is 11.6 Å². The van der Waals surface area contributed by atoms with Gasteiger partial charge in [-0.25, -0.2) is 13.1 Å². The lowest BCUT2D eigenvalue weighted by Crippen LogP contribution is -2.27. The van der Waals surface area contributed by atoms with E-state index in [4.69, 9.17) is 17.3 Å². The number of rotatable bonds is 4. The first kappa shape index (κ1) is 15.8. The van der Waals surface area contributed by atoms with E-state index in [0.29, 0.717) is 16.3 Å². The van der Waals surface area contributed by atoms with Gasteiger partial charge in [-0.2, -0.15) is 0 Å². The third kappa shape index (κ3) is 3.56. The maximum Gasteiger partial charge on any atom is 0.241 e. The van der Waals surface area contributed by atoms with Crippen LogP contribution in [0.5, 0.6) is 0 Å². The van der Waals surface area contributed by atoms with Gasteiger partial charge in [-0.1, -0.05) is 29.8 Å². The number of sulfonamides is 1. The molecular weight excluding hydrogens is 308 g/mol. The normalized spacial score (nSPS) is 13.1. The summed E-state index contributed by atoms with van der Waals surface area (Å²) >= 11 is 5.98. The molecule has 0 radical (unpaired) electrons. The summed E-state index contributed by atoms with van der Waals surface area (Å²) in [6, 6.07) is 11.5. The van der Waals surface area contributed by atoms with Crippen molar-refractivity contribution in [2.24, 2.45) is 0 Å². The fraction of sp³-hybridized carbons (Fsp3) is 0.200. The SMILES string of the molecule is Cc1c(Cl)cccc1S(=O)(=O)NC(C)c1ccc(N)cc1. The summed E-state index contributed by atoms with van der Waals surface area (Å²) in [6.45, 7) is 3.47. The van der Waals surface area contributed by atoms with Crippen molar-refractivity contribution in [3.05, 3.63) is 58.6 Å². The zero-order valence-electron chi connectivity index (χ0n) is 11.8. The number of hydrogen-bond acceptors (Lipinski definition) is 3. The molecule has 1 unspecified atom stereocenters. The first-order chi connectivity index (χ1) is 9.81. The lowest BCUT2D eigenvalue weighted by Gasteiger charge is -2.16. The molecule has 0 saturated carbocycles. The molecule has 4 nitrogen and oxygen atoms in total. The molecule has 2 aromatic rings. The van der Waals surface area contributed by atoms with Crippen molar-refractivity contribution in [2.45, 2.75) is 24.8 Å². The van der Waals surface area contributed by atoms with E-state index in [2.05, 4.69) is 4.72 Å². The molecule has 0 amide bonds. The summed E-state index contributed by atoms with van der Waals surface area (Å²) in [4.78, 5) is 0.192. The van der Waals surface area contributed by atoms with Crippen LogP contribution in [0.15, 0.2) is 47.4 Å². The second-order valence-electron chi connectivity index (χ2n) is 4.87. The molecule has 3 N–H and O–H groups in total. The smallest absolute Gasteiger partial charge is 0.241 e. The fourth-order valence-corrected chi connectivity index (χ4v) is 3.76. The summed E-state index contributed by atoms with van der Waals surface area (Å²) in [6.07, 6.45) is 0. The molecule has 0 heterocycles. The Morgan fingerprint density at radius 2 is 1.76 bits per heavy atom. The molecule has 6 heteroatoms. The van der Waals surface area contributed by atoms with Crippen molar-refractivity contribution < 1.29 is 8.42 Å². The Bertz CT molecular complexity index is 743. The van der Waals surface area contributed by atoms with Crippen molar-refractivity contribution in [1.82, 2.24) is 4.72 Å². The molecule has 0 aromatic heterocycles. The van der Waals surface area contributed by atoms with Crippen LogP contribution in [-0.4, -0.2) is 8.42 Å². The van der Waals surface area contributed by atoms with Crippen LogP contribution in [0.3, 0.4) is 0 Å². The lowest BCUT2D eigenvalue weighted by molar-refractivity contribution is 0.566. The molecule has 0 aliphatic heterocycles. The van der Waals surface area contributed by atoms with Crippen molar-refractivity contribution in [3.63, 3.8) is 0 Å². The van der Waals surface area contributed by atoms with Gasteiger partial charge in [0, 0.05) is 16.8 Å². The maximum atomic E-state index is 12.5. The highest BCUT2D eigenvalue weighted by atomic mass is 35.5. The highest BCUT2D eigenvalue weighted by molar-refractivity contribution is 7.89. The van der Waals surface area contributed by atoms with Crippen molar-refractivity contribution in [1.29, 1.82) is 0 Å². The van der Waals surface area contributed by atoms with Crippen LogP contribution in [0.1, 0.15) is 24.1 Å². The molecule has 0 fully saturated rings. The Kier molecular flexibility index (Phi) is 4.56. The lowest BCUT2D eigenvalue weighted by atomic mass is 10.1.